The van der Waals surface area contributed by atoms with Gasteiger partial charge in [-0.3, -0.25) is 0 Å². The van der Waals surface area contributed by atoms with Crippen molar-refractivity contribution in [1.29, 1.82) is 0 Å². The van der Waals surface area contributed by atoms with Gasteiger partial charge in [-0.1, -0.05) is 38.1 Å². The summed E-state index contributed by atoms with van der Waals surface area (Å²) < 4.78 is 0. The quantitative estimate of drug-likeness (QED) is 0.864. The van der Waals surface area contributed by atoms with Crippen LogP contribution >= 0.6 is 11.8 Å². The first-order valence-electron chi connectivity index (χ1n) is 6.84. The van der Waals surface area contributed by atoms with Gasteiger partial charge in [0.15, 0.2) is 0 Å². The first kappa shape index (κ1) is 13.4. The van der Waals surface area contributed by atoms with Gasteiger partial charge in [-0.15, -0.1) is 22.0 Å². The average Bonchev–Trinajstić information content (AvgIpc) is 2.72. The highest BCUT2D eigenvalue weighted by Gasteiger charge is 2.36. The van der Waals surface area contributed by atoms with E-state index in [0.29, 0.717) is 6.04 Å². The van der Waals surface area contributed by atoms with E-state index in [9.17, 15) is 0 Å². The summed E-state index contributed by atoms with van der Waals surface area (Å²) in [4.78, 5) is 0. The highest BCUT2D eigenvalue weighted by atomic mass is 32.2. The predicted octanol–water partition coefficient (Wildman–Crippen LogP) is 4.03. The van der Waals surface area contributed by atoms with E-state index in [-0.39, 0.29) is 5.41 Å². The third-order valence-electron chi connectivity index (χ3n) is 3.95. The Morgan fingerprint density at radius 2 is 1.95 bits per heavy atom. The van der Waals surface area contributed by atoms with Gasteiger partial charge in [0.2, 0.25) is 0 Å². The standard InChI is InChI=1S/C16H19N3S/c1-16(2)10-13(11-6-4-5-7-12(11)16)17-14-8-9-15(20-3)19-18-14/h4-9,13H,10H2,1-3H3,(H,17,18). The van der Waals surface area contributed by atoms with Crippen molar-refractivity contribution in [3.63, 3.8) is 0 Å². The minimum atomic E-state index is 0.209. The lowest BCUT2D eigenvalue weighted by molar-refractivity contribution is 0.492. The van der Waals surface area contributed by atoms with Crippen molar-refractivity contribution in [3.8, 4) is 0 Å². The van der Waals surface area contributed by atoms with Crippen LogP contribution in [0.2, 0.25) is 0 Å². The number of hydrogen-bond acceptors (Lipinski definition) is 4. The van der Waals surface area contributed by atoms with Gasteiger partial charge in [-0.25, -0.2) is 0 Å². The van der Waals surface area contributed by atoms with Crippen LogP contribution in [0.25, 0.3) is 0 Å². The largest absolute Gasteiger partial charge is 0.362 e. The van der Waals surface area contributed by atoms with Crippen LogP contribution in [0.15, 0.2) is 41.4 Å². The van der Waals surface area contributed by atoms with Gasteiger partial charge in [-0.05, 0) is 41.4 Å². The lowest BCUT2D eigenvalue weighted by Gasteiger charge is -2.19. The molecule has 1 aliphatic carbocycles. The SMILES string of the molecule is CSc1ccc(NC2CC(C)(C)c3ccccc32)nn1. The zero-order valence-electron chi connectivity index (χ0n) is 12.1. The second-order valence-electron chi connectivity index (χ2n) is 5.83. The van der Waals surface area contributed by atoms with E-state index in [4.69, 9.17) is 0 Å². The molecule has 1 aromatic heterocycles. The van der Waals surface area contributed by atoms with Crippen LogP contribution in [-0.2, 0) is 5.41 Å². The number of benzene rings is 1. The van der Waals surface area contributed by atoms with Crippen molar-refractivity contribution in [2.24, 2.45) is 0 Å². The van der Waals surface area contributed by atoms with Crippen LogP contribution in [0, 0.1) is 0 Å². The van der Waals surface area contributed by atoms with Crippen molar-refractivity contribution in [1.82, 2.24) is 10.2 Å². The van der Waals surface area contributed by atoms with Crippen LogP contribution in [0.1, 0.15) is 37.4 Å². The summed E-state index contributed by atoms with van der Waals surface area (Å²) in [5.74, 6) is 0.848. The first-order valence-corrected chi connectivity index (χ1v) is 8.06. The molecule has 1 atom stereocenters. The monoisotopic (exact) mass is 285 g/mol. The van der Waals surface area contributed by atoms with Crippen molar-refractivity contribution in [3.05, 3.63) is 47.5 Å². The summed E-state index contributed by atoms with van der Waals surface area (Å²) in [5, 5.41) is 12.9. The zero-order valence-corrected chi connectivity index (χ0v) is 12.9. The normalized spacial score (nSPS) is 19.6. The number of fused-ring (bicyclic) bond motifs is 1. The van der Waals surface area contributed by atoms with Crippen LogP contribution in [-0.4, -0.2) is 16.5 Å². The van der Waals surface area contributed by atoms with Crippen LogP contribution in [0.4, 0.5) is 5.82 Å². The third kappa shape index (κ3) is 2.40. The Hall–Kier alpha value is -1.55. The number of nitrogens with zero attached hydrogens (tertiary/aromatic N) is 2. The van der Waals surface area contributed by atoms with Gasteiger partial charge in [0.05, 0.1) is 6.04 Å². The number of hydrogen-bond donors (Lipinski definition) is 1. The Bertz CT molecular complexity index is 607. The highest BCUT2D eigenvalue weighted by molar-refractivity contribution is 7.98. The molecular formula is C16H19N3S. The molecule has 4 heteroatoms. The van der Waals surface area contributed by atoms with Gasteiger partial charge < -0.3 is 5.32 Å². The fraction of sp³-hybridized carbons (Fsp3) is 0.375. The maximum Gasteiger partial charge on any atom is 0.149 e. The van der Waals surface area contributed by atoms with Gasteiger partial charge in [-0.2, -0.15) is 0 Å². The van der Waals surface area contributed by atoms with E-state index in [1.165, 1.54) is 11.1 Å². The molecule has 20 heavy (non-hydrogen) atoms. The summed E-state index contributed by atoms with van der Waals surface area (Å²) in [6.45, 7) is 4.60. The molecule has 1 aliphatic rings. The Morgan fingerprint density at radius 1 is 1.15 bits per heavy atom. The van der Waals surface area contributed by atoms with Crippen molar-refractivity contribution < 1.29 is 0 Å². The highest BCUT2D eigenvalue weighted by Crippen LogP contribution is 2.45. The maximum atomic E-state index is 4.25. The Kier molecular flexibility index (Phi) is 3.42. The number of rotatable bonds is 3. The fourth-order valence-corrected chi connectivity index (χ4v) is 3.29. The van der Waals surface area contributed by atoms with E-state index >= 15 is 0 Å². The van der Waals surface area contributed by atoms with Gasteiger partial charge in [0.25, 0.3) is 0 Å². The lowest BCUT2D eigenvalue weighted by Crippen LogP contribution is -2.15. The van der Waals surface area contributed by atoms with E-state index in [1.54, 1.807) is 11.8 Å². The molecular weight excluding hydrogens is 266 g/mol. The fourth-order valence-electron chi connectivity index (χ4n) is 2.96. The Balaban J connectivity index is 1.85. The molecule has 1 aromatic carbocycles. The van der Waals surface area contributed by atoms with Crippen LogP contribution < -0.4 is 5.32 Å². The molecule has 104 valence electrons. The van der Waals surface area contributed by atoms with Crippen LogP contribution in [0.5, 0.6) is 0 Å². The van der Waals surface area contributed by atoms with Gasteiger partial charge >= 0.3 is 0 Å². The van der Waals surface area contributed by atoms with Crippen molar-refractivity contribution in [2.45, 2.75) is 36.8 Å². The minimum Gasteiger partial charge on any atom is -0.362 e. The van der Waals surface area contributed by atoms with E-state index in [1.807, 2.05) is 18.4 Å². The number of anilines is 1. The Labute approximate surface area is 124 Å². The molecule has 0 aliphatic heterocycles. The zero-order chi connectivity index (χ0) is 14.2. The molecule has 0 fully saturated rings. The third-order valence-corrected chi connectivity index (χ3v) is 4.59. The molecule has 0 bridgehead atoms. The molecule has 1 N–H and O–H groups in total. The Morgan fingerprint density at radius 3 is 2.65 bits per heavy atom. The molecule has 1 unspecified atom stereocenters. The smallest absolute Gasteiger partial charge is 0.149 e. The van der Waals surface area contributed by atoms with Crippen molar-refractivity contribution in [2.75, 3.05) is 11.6 Å². The molecule has 0 amide bonds. The molecule has 0 radical (unpaired) electrons. The predicted molar refractivity (Wildman–Crippen MR) is 84.3 cm³/mol. The molecule has 3 rings (SSSR count). The lowest BCUT2D eigenvalue weighted by atomic mass is 9.86. The molecule has 0 saturated carbocycles. The summed E-state index contributed by atoms with van der Waals surface area (Å²) in [5.41, 5.74) is 3.03. The minimum absolute atomic E-state index is 0.209. The average molecular weight is 285 g/mol. The molecule has 0 spiro atoms. The van der Waals surface area contributed by atoms with E-state index in [2.05, 4.69) is 53.6 Å². The van der Waals surface area contributed by atoms with Crippen LogP contribution in [0.3, 0.4) is 0 Å². The number of thioether (sulfide) groups is 1. The molecule has 2 aromatic rings. The molecule has 1 heterocycles. The van der Waals surface area contributed by atoms with Gasteiger partial charge in [0.1, 0.15) is 10.8 Å². The summed E-state index contributed by atoms with van der Waals surface area (Å²) in [6, 6.07) is 13.0. The molecule has 0 saturated heterocycles. The number of aromatic nitrogens is 2. The summed E-state index contributed by atoms with van der Waals surface area (Å²) >= 11 is 1.61. The van der Waals surface area contributed by atoms with E-state index < -0.39 is 0 Å². The first-order chi connectivity index (χ1) is 9.60. The second-order valence-corrected chi connectivity index (χ2v) is 6.66. The van der Waals surface area contributed by atoms with Crippen molar-refractivity contribution >= 4 is 17.6 Å². The number of nitrogens with one attached hydrogen (secondary N) is 1. The second kappa shape index (κ2) is 5.09. The maximum absolute atomic E-state index is 4.25. The summed E-state index contributed by atoms with van der Waals surface area (Å²) in [7, 11) is 0. The summed E-state index contributed by atoms with van der Waals surface area (Å²) in [6.07, 6.45) is 3.09. The van der Waals surface area contributed by atoms with E-state index in [0.717, 1.165) is 17.3 Å². The molecule has 3 nitrogen and oxygen atoms in total. The topological polar surface area (TPSA) is 37.8 Å². The van der Waals surface area contributed by atoms with Gasteiger partial charge in [0, 0.05) is 0 Å².